The molecule has 0 unspecified atom stereocenters. The molecule has 1 fully saturated rings. The summed E-state index contributed by atoms with van der Waals surface area (Å²) in [6, 6.07) is 5.82. The van der Waals surface area contributed by atoms with Crippen LogP contribution in [0.4, 0.5) is 13.2 Å². The summed E-state index contributed by atoms with van der Waals surface area (Å²) < 4.78 is 37.8. The number of benzene rings is 1. The second-order valence-electron chi connectivity index (χ2n) is 5.08. The maximum Gasteiger partial charge on any atom is 0.416 e. The van der Waals surface area contributed by atoms with E-state index in [9.17, 15) is 13.2 Å². The molecule has 0 radical (unpaired) electrons. The first-order chi connectivity index (χ1) is 7.97. The van der Waals surface area contributed by atoms with Gasteiger partial charge in [-0.3, -0.25) is 0 Å². The normalized spacial score (nSPS) is 25.9. The molecule has 0 nitrogen and oxygen atoms in total. The van der Waals surface area contributed by atoms with E-state index in [0.29, 0.717) is 5.92 Å². The molecule has 0 aromatic heterocycles. The molecule has 3 heteroatoms. The summed E-state index contributed by atoms with van der Waals surface area (Å²) in [5, 5.41) is 0. The molecule has 17 heavy (non-hydrogen) atoms. The molecular weight excluding hydrogens is 225 g/mol. The van der Waals surface area contributed by atoms with E-state index in [-0.39, 0.29) is 0 Å². The van der Waals surface area contributed by atoms with Crippen LogP contribution in [0.25, 0.3) is 0 Å². The van der Waals surface area contributed by atoms with E-state index in [1.165, 1.54) is 12.1 Å². The quantitative estimate of drug-likeness (QED) is 0.650. The topological polar surface area (TPSA) is 0 Å². The standard InChI is InChI=1S/C14H17F3/c1-10-5-7-11(8-6-10)12-3-2-4-13(9-12)14(15,16)17/h2-4,9-11H,5-8H2,1H3/t10-,11-. The minimum absolute atomic E-state index is 0.313. The van der Waals surface area contributed by atoms with Crippen molar-refractivity contribution in [3.63, 3.8) is 0 Å². The number of alkyl halides is 3. The molecule has 0 spiro atoms. The summed E-state index contributed by atoms with van der Waals surface area (Å²) >= 11 is 0. The monoisotopic (exact) mass is 242 g/mol. The van der Waals surface area contributed by atoms with Gasteiger partial charge >= 0.3 is 6.18 Å². The zero-order chi connectivity index (χ0) is 12.5. The van der Waals surface area contributed by atoms with Crippen LogP contribution in [0.15, 0.2) is 24.3 Å². The first-order valence-corrected chi connectivity index (χ1v) is 6.14. The molecule has 0 aliphatic heterocycles. The van der Waals surface area contributed by atoms with Crippen molar-refractivity contribution < 1.29 is 13.2 Å². The molecule has 1 aliphatic carbocycles. The van der Waals surface area contributed by atoms with Gasteiger partial charge in [0.2, 0.25) is 0 Å². The van der Waals surface area contributed by atoms with Gasteiger partial charge in [-0.25, -0.2) is 0 Å². The Bertz CT molecular complexity index is 373. The van der Waals surface area contributed by atoms with Crippen molar-refractivity contribution in [2.45, 2.75) is 44.7 Å². The van der Waals surface area contributed by atoms with Crippen LogP contribution in [-0.2, 0) is 6.18 Å². The average Bonchev–Trinajstić information content (AvgIpc) is 2.29. The molecule has 1 aromatic carbocycles. The van der Waals surface area contributed by atoms with Gasteiger partial charge in [-0.1, -0.05) is 38.0 Å². The van der Waals surface area contributed by atoms with Gasteiger partial charge in [0.25, 0.3) is 0 Å². The first kappa shape index (κ1) is 12.5. The van der Waals surface area contributed by atoms with Crippen molar-refractivity contribution in [1.29, 1.82) is 0 Å². The van der Waals surface area contributed by atoms with E-state index in [0.717, 1.165) is 43.2 Å². The van der Waals surface area contributed by atoms with Crippen molar-refractivity contribution in [2.75, 3.05) is 0 Å². The fourth-order valence-corrected chi connectivity index (χ4v) is 2.56. The number of hydrogen-bond donors (Lipinski definition) is 0. The predicted molar refractivity (Wildman–Crippen MR) is 61.8 cm³/mol. The molecule has 0 saturated heterocycles. The third-order valence-electron chi connectivity index (χ3n) is 3.70. The van der Waals surface area contributed by atoms with Crippen LogP contribution in [0.5, 0.6) is 0 Å². The lowest BCUT2D eigenvalue weighted by Gasteiger charge is -2.26. The zero-order valence-electron chi connectivity index (χ0n) is 9.93. The van der Waals surface area contributed by atoms with E-state index in [1.54, 1.807) is 0 Å². The van der Waals surface area contributed by atoms with Gasteiger partial charge in [0.1, 0.15) is 0 Å². The van der Waals surface area contributed by atoms with Crippen molar-refractivity contribution in [3.05, 3.63) is 35.4 Å². The molecule has 0 amide bonds. The molecule has 0 bridgehead atoms. The van der Waals surface area contributed by atoms with E-state index in [4.69, 9.17) is 0 Å². The van der Waals surface area contributed by atoms with Crippen LogP contribution in [0.3, 0.4) is 0 Å². The minimum atomic E-state index is -4.22. The Labute approximate surface area is 99.8 Å². The molecule has 1 aliphatic rings. The van der Waals surface area contributed by atoms with Gasteiger partial charge in [0.05, 0.1) is 5.56 Å². The van der Waals surface area contributed by atoms with E-state index >= 15 is 0 Å². The number of hydrogen-bond acceptors (Lipinski definition) is 0. The molecule has 0 atom stereocenters. The molecule has 2 rings (SSSR count). The molecule has 94 valence electrons. The highest BCUT2D eigenvalue weighted by Gasteiger charge is 2.31. The highest BCUT2D eigenvalue weighted by atomic mass is 19.4. The Morgan fingerprint density at radius 2 is 1.71 bits per heavy atom. The SMILES string of the molecule is C[C@H]1CC[C@H](c2cccc(C(F)(F)F)c2)CC1. The van der Waals surface area contributed by atoms with Gasteiger partial charge in [0, 0.05) is 0 Å². The first-order valence-electron chi connectivity index (χ1n) is 6.14. The molecule has 1 aromatic rings. The predicted octanol–water partition coefficient (Wildman–Crippen LogP) is 5.00. The summed E-state index contributed by atoms with van der Waals surface area (Å²) in [5.41, 5.74) is 0.334. The maximum absolute atomic E-state index is 12.6. The van der Waals surface area contributed by atoms with Crippen LogP contribution in [-0.4, -0.2) is 0 Å². The van der Waals surface area contributed by atoms with Crippen LogP contribution >= 0.6 is 0 Å². The Balaban J connectivity index is 2.16. The summed E-state index contributed by atoms with van der Waals surface area (Å²) in [5.74, 6) is 1.03. The number of halogens is 3. The summed E-state index contributed by atoms with van der Waals surface area (Å²) in [4.78, 5) is 0. The Hall–Kier alpha value is -0.990. The Kier molecular flexibility index (Phi) is 3.45. The second kappa shape index (κ2) is 4.71. The van der Waals surface area contributed by atoms with E-state index in [1.807, 2.05) is 6.07 Å². The Morgan fingerprint density at radius 1 is 1.06 bits per heavy atom. The minimum Gasteiger partial charge on any atom is -0.166 e. The van der Waals surface area contributed by atoms with Gasteiger partial charge < -0.3 is 0 Å². The lowest BCUT2D eigenvalue weighted by Crippen LogP contribution is -2.12. The zero-order valence-corrected chi connectivity index (χ0v) is 9.93. The van der Waals surface area contributed by atoms with Gasteiger partial charge in [-0.15, -0.1) is 0 Å². The Morgan fingerprint density at radius 3 is 2.29 bits per heavy atom. The third-order valence-corrected chi connectivity index (χ3v) is 3.70. The molecule has 1 saturated carbocycles. The maximum atomic E-state index is 12.6. The van der Waals surface area contributed by atoms with Crippen molar-refractivity contribution >= 4 is 0 Å². The second-order valence-corrected chi connectivity index (χ2v) is 5.08. The third kappa shape index (κ3) is 3.02. The summed E-state index contributed by atoms with van der Waals surface area (Å²) in [7, 11) is 0. The van der Waals surface area contributed by atoms with Gasteiger partial charge in [-0.2, -0.15) is 13.2 Å². The van der Waals surface area contributed by atoms with Crippen molar-refractivity contribution in [3.8, 4) is 0 Å². The smallest absolute Gasteiger partial charge is 0.166 e. The van der Waals surface area contributed by atoms with Crippen molar-refractivity contribution in [2.24, 2.45) is 5.92 Å². The lowest BCUT2D eigenvalue weighted by molar-refractivity contribution is -0.137. The highest BCUT2D eigenvalue weighted by molar-refractivity contribution is 5.28. The van der Waals surface area contributed by atoms with E-state index in [2.05, 4.69) is 6.92 Å². The van der Waals surface area contributed by atoms with Crippen LogP contribution in [0.1, 0.15) is 49.7 Å². The largest absolute Gasteiger partial charge is 0.416 e. The lowest BCUT2D eigenvalue weighted by atomic mass is 9.79. The fraction of sp³-hybridized carbons (Fsp3) is 0.571. The van der Waals surface area contributed by atoms with Crippen LogP contribution < -0.4 is 0 Å². The summed E-state index contributed by atoms with van der Waals surface area (Å²) in [6.45, 7) is 2.21. The van der Waals surface area contributed by atoms with Gasteiger partial charge in [-0.05, 0) is 36.3 Å². The highest BCUT2D eigenvalue weighted by Crippen LogP contribution is 2.37. The number of rotatable bonds is 1. The van der Waals surface area contributed by atoms with Crippen LogP contribution in [0, 0.1) is 5.92 Å². The average molecular weight is 242 g/mol. The van der Waals surface area contributed by atoms with E-state index < -0.39 is 11.7 Å². The molecule has 0 N–H and O–H groups in total. The van der Waals surface area contributed by atoms with Crippen molar-refractivity contribution in [1.82, 2.24) is 0 Å². The molecular formula is C14H17F3. The fourth-order valence-electron chi connectivity index (χ4n) is 2.56. The summed E-state index contributed by atoms with van der Waals surface area (Å²) in [6.07, 6.45) is 0.0603. The molecule has 0 heterocycles. The van der Waals surface area contributed by atoms with Gasteiger partial charge in [0.15, 0.2) is 0 Å². The van der Waals surface area contributed by atoms with Crippen LogP contribution in [0.2, 0.25) is 0 Å².